The van der Waals surface area contributed by atoms with Gasteiger partial charge in [-0.05, 0) is 35.9 Å². The molecule has 0 aliphatic rings. The molecule has 4 aromatic rings. The third kappa shape index (κ3) is 3.92. The number of imidazole rings is 1. The summed E-state index contributed by atoms with van der Waals surface area (Å²) in [4.78, 5) is 28.7. The number of aryl methyl sites for hydroxylation is 1. The third-order valence-electron chi connectivity index (χ3n) is 5.28. The van der Waals surface area contributed by atoms with Crippen LogP contribution in [-0.4, -0.2) is 27.1 Å². The number of hydrogen-bond acceptors (Lipinski definition) is 5. The lowest BCUT2D eigenvalue weighted by atomic mass is 10.2. The SMILES string of the molecule is Cn1c(=O)c2c(nc(S(=O)(=O)c3cccc(C(F)(F)F)c3)n2Cc2ccc(Cl)cc2)n(C)c1=O. The molecule has 8 nitrogen and oxygen atoms in total. The molecule has 0 spiro atoms. The fourth-order valence-electron chi connectivity index (χ4n) is 3.50. The minimum absolute atomic E-state index is 0.172. The molecule has 0 aliphatic carbocycles. The normalized spacial score (nSPS) is 12.4. The summed E-state index contributed by atoms with van der Waals surface area (Å²) >= 11 is 5.91. The van der Waals surface area contributed by atoms with E-state index in [-0.39, 0.29) is 17.7 Å². The van der Waals surface area contributed by atoms with Crippen molar-refractivity contribution in [2.75, 3.05) is 0 Å². The molecule has 0 unspecified atom stereocenters. The first-order valence-corrected chi connectivity index (χ1v) is 11.5. The van der Waals surface area contributed by atoms with Crippen LogP contribution in [0.5, 0.6) is 0 Å². The zero-order chi connectivity index (χ0) is 25.0. The molecule has 4 rings (SSSR count). The van der Waals surface area contributed by atoms with E-state index in [0.717, 1.165) is 31.9 Å². The van der Waals surface area contributed by atoms with Crippen LogP contribution in [0.4, 0.5) is 13.2 Å². The average Bonchev–Trinajstić information content (AvgIpc) is 3.17. The van der Waals surface area contributed by atoms with Crippen molar-refractivity contribution in [2.45, 2.75) is 22.8 Å². The quantitative estimate of drug-likeness (QED) is 0.419. The van der Waals surface area contributed by atoms with Crippen LogP contribution in [0.25, 0.3) is 11.2 Å². The van der Waals surface area contributed by atoms with Crippen molar-refractivity contribution in [3.8, 4) is 0 Å². The van der Waals surface area contributed by atoms with E-state index >= 15 is 0 Å². The molecule has 178 valence electrons. The van der Waals surface area contributed by atoms with Gasteiger partial charge in [0.15, 0.2) is 11.2 Å². The first kappa shape index (κ1) is 23.8. The van der Waals surface area contributed by atoms with E-state index in [1.807, 2.05) is 0 Å². The molecule has 0 saturated carbocycles. The molecule has 0 aliphatic heterocycles. The Morgan fingerprint density at radius 3 is 2.26 bits per heavy atom. The number of nitrogens with zero attached hydrogens (tertiary/aromatic N) is 4. The van der Waals surface area contributed by atoms with Crippen LogP contribution in [0.3, 0.4) is 0 Å². The third-order valence-corrected chi connectivity index (χ3v) is 7.20. The second-order valence-electron chi connectivity index (χ2n) is 7.51. The molecule has 0 bridgehead atoms. The summed E-state index contributed by atoms with van der Waals surface area (Å²) in [7, 11) is -2.10. The number of aromatic nitrogens is 4. The van der Waals surface area contributed by atoms with Gasteiger partial charge >= 0.3 is 11.9 Å². The summed E-state index contributed by atoms with van der Waals surface area (Å²) < 4.78 is 69.5. The fraction of sp³-hybridized carbons (Fsp3) is 0.190. The van der Waals surface area contributed by atoms with Crippen molar-refractivity contribution in [3.05, 3.63) is 85.5 Å². The molecule has 0 atom stereocenters. The number of sulfone groups is 1. The highest BCUT2D eigenvalue weighted by Gasteiger charge is 2.34. The Kier molecular flexibility index (Phi) is 5.68. The summed E-state index contributed by atoms with van der Waals surface area (Å²) in [6.45, 7) is -0.172. The van der Waals surface area contributed by atoms with Gasteiger partial charge in [0.25, 0.3) is 5.56 Å². The molecule has 2 aromatic heterocycles. The first-order chi connectivity index (χ1) is 15.8. The lowest BCUT2D eigenvalue weighted by molar-refractivity contribution is -0.137. The van der Waals surface area contributed by atoms with Gasteiger partial charge in [-0.2, -0.15) is 18.2 Å². The standard InChI is InChI=1S/C21H16ClF3N4O4S/c1-27-17-16(18(30)28(2)20(27)31)29(11-12-6-8-14(22)9-7-12)19(26-17)34(32,33)15-5-3-4-13(10-15)21(23,24)25/h3-10H,11H2,1-2H3. The number of hydrogen-bond donors (Lipinski definition) is 0. The number of halogens is 4. The van der Waals surface area contributed by atoms with E-state index in [9.17, 15) is 31.2 Å². The highest BCUT2D eigenvalue weighted by atomic mass is 35.5. The molecular formula is C21H16ClF3N4O4S. The summed E-state index contributed by atoms with van der Waals surface area (Å²) in [6.07, 6.45) is -4.77. The smallest absolute Gasteiger partial charge is 0.304 e. The predicted octanol–water partition coefficient (Wildman–Crippen LogP) is 2.99. The molecule has 0 saturated heterocycles. The number of benzene rings is 2. The van der Waals surface area contributed by atoms with Crippen molar-refractivity contribution in [3.63, 3.8) is 0 Å². The molecule has 2 aromatic carbocycles. The number of rotatable bonds is 4. The number of fused-ring (bicyclic) bond motifs is 1. The Bertz CT molecular complexity index is 1650. The molecular weight excluding hydrogens is 497 g/mol. The van der Waals surface area contributed by atoms with Crippen molar-refractivity contribution in [1.82, 2.24) is 18.7 Å². The Labute approximate surface area is 195 Å². The zero-order valence-corrected chi connectivity index (χ0v) is 19.2. The number of alkyl halides is 3. The highest BCUT2D eigenvalue weighted by molar-refractivity contribution is 7.91. The lowest BCUT2D eigenvalue weighted by Gasteiger charge is -2.12. The molecule has 0 amide bonds. The second kappa shape index (κ2) is 8.13. The van der Waals surface area contributed by atoms with E-state index < -0.39 is 42.9 Å². The van der Waals surface area contributed by atoms with E-state index in [1.165, 1.54) is 14.1 Å². The first-order valence-electron chi connectivity index (χ1n) is 9.65. The van der Waals surface area contributed by atoms with Crippen LogP contribution in [-0.2, 0) is 36.7 Å². The van der Waals surface area contributed by atoms with E-state index in [4.69, 9.17) is 11.6 Å². The summed E-state index contributed by atoms with van der Waals surface area (Å²) in [5, 5.41) is -0.246. The van der Waals surface area contributed by atoms with Gasteiger partial charge in [-0.1, -0.05) is 29.8 Å². The second-order valence-corrected chi connectivity index (χ2v) is 9.79. The van der Waals surface area contributed by atoms with Crippen LogP contribution in [0.15, 0.2) is 68.2 Å². The molecule has 0 N–H and O–H groups in total. The summed E-state index contributed by atoms with van der Waals surface area (Å²) in [5.41, 5.74) is -2.56. The maximum Gasteiger partial charge on any atom is 0.416 e. The Morgan fingerprint density at radius 1 is 1.00 bits per heavy atom. The van der Waals surface area contributed by atoms with Crippen LogP contribution >= 0.6 is 11.6 Å². The van der Waals surface area contributed by atoms with E-state index in [2.05, 4.69) is 4.98 Å². The minimum atomic E-state index is -4.77. The van der Waals surface area contributed by atoms with E-state index in [1.54, 1.807) is 24.3 Å². The van der Waals surface area contributed by atoms with Crippen molar-refractivity contribution in [2.24, 2.45) is 14.1 Å². The van der Waals surface area contributed by atoms with Gasteiger partial charge in [-0.3, -0.25) is 13.9 Å². The Morgan fingerprint density at radius 2 is 1.65 bits per heavy atom. The summed E-state index contributed by atoms with van der Waals surface area (Å²) in [6, 6.07) is 9.54. The monoisotopic (exact) mass is 512 g/mol. The van der Waals surface area contributed by atoms with Crippen molar-refractivity contribution < 1.29 is 21.6 Å². The van der Waals surface area contributed by atoms with Crippen LogP contribution in [0.2, 0.25) is 5.02 Å². The molecule has 13 heteroatoms. The lowest BCUT2D eigenvalue weighted by Crippen LogP contribution is -2.37. The van der Waals surface area contributed by atoms with Gasteiger partial charge in [0.2, 0.25) is 15.0 Å². The van der Waals surface area contributed by atoms with Gasteiger partial charge < -0.3 is 4.57 Å². The predicted molar refractivity (Wildman–Crippen MR) is 118 cm³/mol. The molecule has 0 fully saturated rings. The zero-order valence-electron chi connectivity index (χ0n) is 17.7. The van der Waals surface area contributed by atoms with Gasteiger partial charge in [0.1, 0.15) is 0 Å². The molecule has 34 heavy (non-hydrogen) atoms. The molecule has 2 heterocycles. The van der Waals surface area contributed by atoms with Gasteiger partial charge in [0.05, 0.1) is 17.0 Å². The van der Waals surface area contributed by atoms with Crippen LogP contribution in [0, 0.1) is 0 Å². The summed E-state index contributed by atoms with van der Waals surface area (Å²) in [5.74, 6) is 0. The van der Waals surface area contributed by atoms with Crippen LogP contribution < -0.4 is 11.2 Å². The maximum atomic E-state index is 13.5. The average molecular weight is 513 g/mol. The fourth-order valence-corrected chi connectivity index (χ4v) is 5.03. The Balaban J connectivity index is 2.05. The van der Waals surface area contributed by atoms with E-state index in [0.29, 0.717) is 16.7 Å². The van der Waals surface area contributed by atoms with Gasteiger partial charge in [-0.15, -0.1) is 0 Å². The van der Waals surface area contributed by atoms with Crippen LogP contribution in [0.1, 0.15) is 11.1 Å². The maximum absolute atomic E-state index is 13.5. The Hall–Kier alpha value is -3.38. The minimum Gasteiger partial charge on any atom is -0.304 e. The topological polar surface area (TPSA) is 96.0 Å². The largest absolute Gasteiger partial charge is 0.416 e. The van der Waals surface area contributed by atoms with Gasteiger partial charge in [-0.25, -0.2) is 13.2 Å². The molecule has 0 radical (unpaired) electrons. The van der Waals surface area contributed by atoms with Crippen molar-refractivity contribution >= 4 is 32.6 Å². The van der Waals surface area contributed by atoms with Crippen molar-refractivity contribution in [1.29, 1.82) is 0 Å². The highest BCUT2D eigenvalue weighted by Crippen LogP contribution is 2.32. The van der Waals surface area contributed by atoms with Gasteiger partial charge in [0, 0.05) is 19.1 Å².